The average Bonchev–Trinajstić information content (AvgIpc) is 1.63. The summed E-state index contributed by atoms with van der Waals surface area (Å²) in [5.74, 6) is 0. The van der Waals surface area contributed by atoms with Gasteiger partial charge >= 0.3 is 0 Å². The molecule has 0 amide bonds. The normalized spacial score (nSPS) is 20.6. The van der Waals surface area contributed by atoms with Gasteiger partial charge in [-0.1, -0.05) is 6.92 Å². The molecule has 0 saturated carbocycles. The standard InChI is InChI=1S/C6H11O2/c1-2-3-8-6-4-7-5-6/h2-5H2,1H3. The Morgan fingerprint density at radius 1 is 1.62 bits per heavy atom. The lowest BCUT2D eigenvalue weighted by Gasteiger charge is -2.24. The fourth-order valence-corrected chi connectivity index (χ4v) is 0.515. The summed E-state index contributed by atoms with van der Waals surface area (Å²) >= 11 is 0. The molecular weight excluding hydrogens is 104 g/mol. The van der Waals surface area contributed by atoms with E-state index in [9.17, 15) is 0 Å². The Morgan fingerprint density at radius 2 is 2.38 bits per heavy atom. The Morgan fingerprint density at radius 3 is 2.75 bits per heavy atom. The molecule has 1 rings (SSSR count). The molecule has 0 bridgehead atoms. The van der Waals surface area contributed by atoms with Gasteiger partial charge in [0.25, 0.3) is 0 Å². The minimum Gasteiger partial charge on any atom is -0.375 e. The van der Waals surface area contributed by atoms with Gasteiger partial charge in [0.2, 0.25) is 0 Å². The van der Waals surface area contributed by atoms with E-state index in [1.54, 1.807) is 0 Å². The van der Waals surface area contributed by atoms with E-state index in [-0.39, 0.29) is 0 Å². The van der Waals surface area contributed by atoms with Crippen LogP contribution in [0.25, 0.3) is 0 Å². The zero-order valence-electron chi connectivity index (χ0n) is 5.14. The molecule has 0 aromatic heterocycles. The molecule has 8 heavy (non-hydrogen) atoms. The summed E-state index contributed by atoms with van der Waals surface area (Å²) in [5, 5.41) is 0. The van der Waals surface area contributed by atoms with E-state index in [4.69, 9.17) is 9.47 Å². The van der Waals surface area contributed by atoms with Crippen molar-refractivity contribution >= 4 is 0 Å². The van der Waals surface area contributed by atoms with E-state index in [1.165, 1.54) is 0 Å². The number of rotatable bonds is 3. The highest BCUT2D eigenvalue weighted by Gasteiger charge is 2.19. The van der Waals surface area contributed by atoms with Crippen molar-refractivity contribution in [2.45, 2.75) is 13.3 Å². The predicted molar refractivity (Wildman–Crippen MR) is 30.3 cm³/mol. The number of ether oxygens (including phenoxy) is 2. The summed E-state index contributed by atoms with van der Waals surface area (Å²) in [6, 6.07) is 0. The second kappa shape index (κ2) is 3.05. The fraction of sp³-hybridized carbons (Fsp3) is 0.833. The van der Waals surface area contributed by atoms with E-state index in [2.05, 4.69) is 6.92 Å². The predicted octanol–water partition coefficient (Wildman–Crippen LogP) is 0.975. The Kier molecular flexibility index (Phi) is 2.30. The monoisotopic (exact) mass is 115 g/mol. The Hall–Kier alpha value is -0.0800. The van der Waals surface area contributed by atoms with Gasteiger partial charge < -0.3 is 9.47 Å². The summed E-state index contributed by atoms with van der Waals surface area (Å²) in [4.78, 5) is 0. The maximum absolute atomic E-state index is 5.22. The third-order valence-corrected chi connectivity index (χ3v) is 1.04. The van der Waals surface area contributed by atoms with Crippen LogP contribution in [0.3, 0.4) is 0 Å². The molecule has 1 radical (unpaired) electrons. The van der Waals surface area contributed by atoms with Crippen LogP contribution in [0.1, 0.15) is 13.3 Å². The summed E-state index contributed by atoms with van der Waals surface area (Å²) in [6.45, 7) is 4.39. The van der Waals surface area contributed by atoms with Gasteiger partial charge in [0.1, 0.15) is 6.10 Å². The SMILES string of the molecule is CCCO[C]1COC1. The molecule has 0 aromatic carbocycles. The van der Waals surface area contributed by atoms with Crippen LogP contribution in [-0.4, -0.2) is 19.8 Å². The van der Waals surface area contributed by atoms with Crippen molar-refractivity contribution in [1.29, 1.82) is 0 Å². The van der Waals surface area contributed by atoms with E-state index in [0.29, 0.717) is 0 Å². The third-order valence-electron chi connectivity index (χ3n) is 1.04. The molecule has 0 aromatic rings. The molecule has 0 aliphatic carbocycles. The quantitative estimate of drug-likeness (QED) is 0.545. The first-order valence-corrected chi connectivity index (χ1v) is 2.98. The summed E-state index contributed by atoms with van der Waals surface area (Å²) in [5.41, 5.74) is 0. The van der Waals surface area contributed by atoms with Gasteiger partial charge in [0.05, 0.1) is 13.2 Å². The van der Waals surface area contributed by atoms with Crippen LogP contribution in [0.2, 0.25) is 0 Å². The lowest BCUT2D eigenvalue weighted by Crippen LogP contribution is -2.27. The summed E-state index contributed by atoms with van der Waals surface area (Å²) in [6.07, 6.45) is 2.19. The largest absolute Gasteiger partial charge is 0.375 e. The van der Waals surface area contributed by atoms with Gasteiger partial charge in [-0.2, -0.15) is 0 Å². The molecule has 1 aliphatic heterocycles. The zero-order valence-corrected chi connectivity index (χ0v) is 5.14. The van der Waals surface area contributed by atoms with Crippen LogP contribution >= 0.6 is 0 Å². The fourth-order valence-electron chi connectivity index (χ4n) is 0.515. The van der Waals surface area contributed by atoms with E-state index < -0.39 is 0 Å². The molecule has 1 heterocycles. The zero-order chi connectivity index (χ0) is 5.82. The second-order valence-corrected chi connectivity index (χ2v) is 1.88. The molecule has 1 aliphatic rings. The molecule has 0 N–H and O–H groups in total. The summed E-state index contributed by atoms with van der Waals surface area (Å²) in [7, 11) is 0. The second-order valence-electron chi connectivity index (χ2n) is 1.88. The number of hydrogen-bond acceptors (Lipinski definition) is 2. The molecule has 0 atom stereocenters. The van der Waals surface area contributed by atoms with Crippen LogP contribution in [0.15, 0.2) is 0 Å². The molecule has 1 fully saturated rings. The highest BCUT2D eigenvalue weighted by Crippen LogP contribution is 2.13. The third kappa shape index (κ3) is 1.46. The maximum Gasteiger partial charge on any atom is 0.148 e. The van der Waals surface area contributed by atoms with Gasteiger partial charge in [-0.05, 0) is 6.42 Å². The molecule has 2 nitrogen and oxygen atoms in total. The first-order valence-electron chi connectivity index (χ1n) is 2.98. The van der Waals surface area contributed by atoms with Crippen LogP contribution in [-0.2, 0) is 9.47 Å². The van der Waals surface area contributed by atoms with Gasteiger partial charge in [-0.3, -0.25) is 0 Å². The highest BCUT2D eigenvalue weighted by atomic mass is 16.6. The van der Waals surface area contributed by atoms with Gasteiger partial charge in [-0.25, -0.2) is 0 Å². The Labute approximate surface area is 49.8 Å². The lowest BCUT2D eigenvalue weighted by atomic mass is 10.3. The van der Waals surface area contributed by atoms with Crippen LogP contribution in [0.5, 0.6) is 0 Å². The average molecular weight is 115 g/mol. The highest BCUT2D eigenvalue weighted by molar-refractivity contribution is 4.85. The molecular formula is C6H11O2. The van der Waals surface area contributed by atoms with Crippen molar-refractivity contribution in [3.05, 3.63) is 6.10 Å². The lowest BCUT2D eigenvalue weighted by molar-refractivity contribution is -0.0543. The Balaban J connectivity index is 1.86. The van der Waals surface area contributed by atoms with E-state index >= 15 is 0 Å². The van der Waals surface area contributed by atoms with E-state index in [0.717, 1.165) is 32.3 Å². The topological polar surface area (TPSA) is 18.5 Å². The smallest absolute Gasteiger partial charge is 0.148 e. The first-order chi connectivity index (χ1) is 3.93. The minimum absolute atomic E-state index is 0.722. The van der Waals surface area contributed by atoms with Crippen molar-refractivity contribution < 1.29 is 9.47 Å². The first kappa shape index (κ1) is 6.05. The summed E-state index contributed by atoms with van der Waals surface area (Å²) < 4.78 is 10.1. The molecule has 1 saturated heterocycles. The Bertz CT molecular complexity index is 59.5. The van der Waals surface area contributed by atoms with E-state index in [1.807, 2.05) is 0 Å². The van der Waals surface area contributed by atoms with Gasteiger partial charge in [0.15, 0.2) is 0 Å². The number of hydrogen-bond donors (Lipinski definition) is 0. The van der Waals surface area contributed by atoms with Crippen molar-refractivity contribution in [1.82, 2.24) is 0 Å². The van der Waals surface area contributed by atoms with Crippen molar-refractivity contribution in [3.63, 3.8) is 0 Å². The molecule has 0 unspecified atom stereocenters. The maximum atomic E-state index is 5.22. The van der Waals surface area contributed by atoms with Crippen molar-refractivity contribution in [2.75, 3.05) is 19.8 Å². The van der Waals surface area contributed by atoms with Crippen molar-refractivity contribution in [2.24, 2.45) is 0 Å². The van der Waals surface area contributed by atoms with Crippen molar-refractivity contribution in [3.8, 4) is 0 Å². The van der Waals surface area contributed by atoms with Gasteiger partial charge in [0, 0.05) is 6.61 Å². The van der Waals surface area contributed by atoms with Crippen LogP contribution in [0.4, 0.5) is 0 Å². The minimum atomic E-state index is 0.722. The van der Waals surface area contributed by atoms with Crippen LogP contribution < -0.4 is 0 Å². The van der Waals surface area contributed by atoms with Crippen LogP contribution in [0, 0.1) is 6.10 Å². The molecule has 47 valence electrons. The molecule has 2 heteroatoms. The van der Waals surface area contributed by atoms with Gasteiger partial charge in [-0.15, -0.1) is 0 Å². The molecule has 0 spiro atoms.